The van der Waals surface area contributed by atoms with Gasteiger partial charge in [0, 0.05) is 28.0 Å². The van der Waals surface area contributed by atoms with Crippen molar-refractivity contribution in [3.05, 3.63) is 91.6 Å². The van der Waals surface area contributed by atoms with E-state index in [9.17, 15) is 9.59 Å². The lowest BCUT2D eigenvalue weighted by atomic mass is 9.90. The molecule has 0 spiro atoms. The van der Waals surface area contributed by atoms with E-state index in [2.05, 4.69) is 53.4 Å². The van der Waals surface area contributed by atoms with Gasteiger partial charge >= 0.3 is 0 Å². The van der Waals surface area contributed by atoms with E-state index in [4.69, 9.17) is 0 Å². The maximum absolute atomic E-state index is 13.7. The molecule has 0 saturated carbocycles. The number of carbonyl (C=O) groups excluding carboxylic acids is 2. The minimum absolute atomic E-state index is 0.000414. The first-order chi connectivity index (χ1) is 16.0. The third-order valence-electron chi connectivity index (χ3n) is 6.24. The lowest BCUT2D eigenvalue weighted by Crippen LogP contribution is -2.47. The maximum atomic E-state index is 13.7. The Labute approximate surface area is 208 Å². The average molecular weight is 526 g/mol. The van der Waals surface area contributed by atoms with Crippen molar-refractivity contribution in [3.8, 4) is 0 Å². The smallest absolute Gasteiger partial charge is 0.254 e. The zero-order chi connectivity index (χ0) is 23.4. The van der Waals surface area contributed by atoms with Crippen molar-refractivity contribution < 1.29 is 9.59 Å². The molecule has 1 aliphatic rings. The van der Waals surface area contributed by atoms with Crippen molar-refractivity contribution in [1.82, 2.24) is 9.80 Å². The van der Waals surface area contributed by atoms with E-state index in [1.54, 1.807) is 16.2 Å². The van der Waals surface area contributed by atoms with Gasteiger partial charge in [-0.05, 0) is 66.1 Å². The number of aryl methyl sites for hydroxylation is 1. The van der Waals surface area contributed by atoms with Gasteiger partial charge < -0.3 is 9.80 Å². The van der Waals surface area contributed by atoms with E-state index in [1.807, 2.05) is 41.3 Å². The van der Waals surface area contributed by atoms with Crippen LogP contribution in [0.1, 0.15) is 57.7 Å². The van der Waals surface area contributed by atoms with Crippen LogP contribution in [0, 0.1) is 6.92 Å². The molecule has 33 heavy (non-hydrogen) atoms. The predicted octanol–water partition coefficient (Wildman–Crippen LogP) is 6.24. The summed E-state index contributed by atoms with van der Waals surface area (Å²) in [5.41, 5.74) is 4.14. The number of nitrogens with zero attached hydrogens (tertiary/aromatic N) is 2. The molecule has 0 fully saturated rings. The van der Waals surface area contributed by atoms with Gasteiger partial charge in [0.1, 0.15) is 6.54 Å². The molecule has 1 atom stereocenters. The SMILES string of the molecule is CCCCN(CC(=O)N1CCc2sccc2C1c1ccccc1C)C(=O)c1cccc(Br)c1. The Morgan fingerprint density at radius 2 is 1.94 bits per heavy atom. The van der Waals surface area contributed by atoms with Crippen molar-refractivity contribution in [2.45, 2.75) is 39.2 Å². The minimum Gasteiger partial charge on any atom is -0.330 e. The Kier molecular flexibility index (Phi) is 7.66. The molecule has 3 aromatic rings. The number of hydrogen-bond donors (Lipinski definition) is 0. The molecule has 0 radical (unpaired) electrons. The van der Waals surface area contributed by atoms with Crippen molar-refractivity contribution in [2.75, 3.05) is 19.6 Å². The molecule has 4 nitrogen and oxygen atoms in total. The van der Waals surface area contributed by atoms with Gasteiger partial charge in [0.2, 0.25) is 5.91 Å². The van der Waals surface area contributed by atoms with Gasteiger partial charge in [0.25, 0.3) is 5.91 Å². The third-order valence-corrected chi connectivity index (χ3v) is 7.73. The van der Waals surface area contributed by atoms with E-state index in [0.29, 0.717) is 18.7 Å². The number of thiophene rings is 1. The van der Waals surface area contributed by atoms with Crippen molar-refractivity contribution in [3.63, 3.8) is 0 Å². The monoisotopic (exact) mass is 524 g/mol. The number of hydrogen-bond acceptors (Lipinski definition) is 3. The predicted molar refractivity (Wildman–Crippen MR) is 138 cm³/mol. The summed E-state index contributed by atoms with van der Waals surface area (Å²) in [6, 6.07) is 17.7. The molecular formula is C27H29BrN2O2S. The van der Waals surface area contributed by atoms with Crippen LogP contribution in [-0.2, 0) is 11.2 Å². The highest BCUT2D eigenvalue weighted by Crippen LogP contribution is 2.39. The Balaban J connectivity index is 1.63. The molecule has 172 valence electrons. The maximum Gasteiger partial charge on any atom is 0.254 e. The van der Waals surface area contributed by atoms with Crippen LogP contribution in [0.2, 0.25) is 0 Å². The van der Waals surface area contributed by atoms with E-state index >= 15 is 0 Å². The van der Waals surface area contributed by atoms with Crippen LogP contribution in [-0.4, -0.2) is 41.2 Å². The second kappa shape index (κ2) is 10.7. The summed E-state index contributed by atoms with van der Waals surface area (Å²) < 4.78 is 0.857. The van der Waals surface area contributed by atoms with E-state index in [-0.39, 0.29) is 24.4 Å². The summed E-state index contributed by atoms with van der Waals surface area (Å²) in [7, 11) is 0. The fourth-order valence-corrected chi connectivity index (χ4v) is 5.78. The molecule has 0 saturated heterocycles. The van der Waals surface area contributed by atoms with Crippen molar-refractivity contribution >= 4 is 39.1 Å². The molecule has 0 aliphatic carbocycles. The number of amides is 2. The Bertz CT molecular complexity index is 1140. The van der Waals surface area contributed by atoms with E-state index in [0.717, 1.165) is 29.3 Å². The molecule has 1 aromatic heterocycles. The summed E-state index contributed by atoms with van der Waals surface area (Å²) in [5.74, 6) is -0.0988. The van der Waals surface area contributed by atoms with Crippen molar-refractivity contribution in [2.24, 2.45) is 0 Å². The van der Waals surface area contributed by atoms with Crippen LogP contribution in [0.4, 0.5) is 0 Å². The molecule has 6 heteroatoms. The molecule has 2 heterocycles. The summed E-state index contributed by atoms with van der Waals surface area (Å²) in [5, 5.41) is 2.12. The zero-order valence-corrected chi connectivity index (χ0v) is 21.5. The van der Waals surface area contributed by atoms with Crippen LogP contribution in [0.15, 0.2) is 64.5 Å². The van der Waals surface area contributed by atoms with Crippen LogP contribution >= 0.6 is 27.3 Å². The lowest BCUT2D eigenvalue weighted by molar-refractivity contribution is -0.134. The van der Waals surface area contributed by atoms with Crippen molar-refractivity contribution in [1.29, 1.82) is 0 Å². The van der Waals surface area contributed by atoms with Crippen LogP contribution in [0.5, 0.6) is 0 Å². The first-order valence-electron chi connectivity index (χ1n) is 11.5. The molecule has 4 rings (SSSR count). The standard InChI is InChI=1S/C27H29BrN2O2S/c1-3-4-14-29(27(32)20-9-7-10-21(28)17-20)18-25(31)30-15-12-24-23(13-16-33-24)26(30)22-11-6-5-8-19(22)2/h5-11,13,16-17,26H,3-4,12,14-15,18H2,1-2H3. The van der Waals surface area contributed by atoms with Crippen LogP contribution in [0.25, 0.3) is 0 Å². The van der Waals surface area contributed by atoms with E-state index in [1.165, 1.54) is 16.0 Å². The number of halogens is 1. The van der Waals surface area contributed by atoms with Gasteiger partial charge in [-0.2, -0.15) is 0 Å². The quantitative estimate of drug-likeness (QED) is 0.367. The molecule has 2 aromatic carbocycles. The molecule has 1 unspecified atom stereocenters. The molecule has 2 amide bonds. The normalized spacial score (nSPS) is 15.2. The summed E-state index contributed by atoms with van der Waals surface area (Å²) >= 11 is 5.22. The number of benzene rings is 2. The molecule has 1 aliphatic heterocycles. The van der Waals surface area contributed by atoms with Crippen LogP contribution < -0.4 is 0 Å². The van der Waals surface area contributed by atoms with Gasteiger partial charge in [-0.3, -0.25) is 9.59 Å². The highest BCUT2D eigenvalue weighted by molar-refractivity contribution is 9.10. The number of rotatable bonds is 7. The number of unbranched alkanes of at least 4 members (excludes halogenated alkanes) is 1. The molecule has 0 N–H and O–H groups in total. The Morgan fingerprint density at radius 3 is 2.70 bits per heavy atom. The Hall–Kier alpha value is -2.44. The molecule has 0 bridgehead atoms. The second-order valence-electron chi connectivity index (χ2n) is 8.49. The van der Waals surface area contributed by atoms with Crippen LogP contribution in [0.3, 0.4) is 0 Å². The molecular weight excluding hydrogens is 496 g/mol. The topological polar surface area (TPSA) is 40.6 Å². The van der Waals surface area contributed by atoms with E-state index < -0.39 is 0 Å². The number of carbonyl (C=O) groups is 2. The summed E-state index contributed by atoms with van der Waals surface area (Å²) in [6.45, 7) is 5.52. The van der Waals surface area contributed by atoms with Gasteiger partial charge in [0.15, 0.2) is 0 Å². The van der Waals surface area contributed by atoms with Gasteiger partial charge in [-0.1, -0.05) is 59.6 Å². The summed E-state index contributed by atoms with van der Waals surface area (Å²) in [4.78, 5) is 32.1. The zero-order valence-electron chi connectivity index (χ0n) is 19.1. The fourth-order valence-electron chi connectivity index (χ4n) is 4.47. The average Bonchev–Trinajstić information content (AvgIpc) is 3.30. The summed E-state index contributed by atoms with van der Waals surface area (Å²) in [6.07, 6.45) is 2.68. The van der Waals surface area contributed by atoms with Gasteiger partial charge in [-0.15, -0.1) is 11.3 Å². The second-order valence-corrected chi connectivity index (χ2v) is 10.4. The highest BCUT2D eigenvalue weighted by atomic mass is 79.9. The number of fused-ring (bicyclic) bond motifs is 1. The highest BCUT2D eigenvalue weighted by Gasteiger charge is 2.34. The first kappa shape index (κ1) is 23.7. The largest absolute Gasteiger partial charge is 0.330 e. The Morgan fingerprint density at radius 1 is 1.12 bits per heavy atom. The fraction of sp³-hybridized carbons (Fsp3) is 0.333. The third kappa shape index (κ3) is 5.22. The lowest BCUT2D eigenvalue weighted by Gasteiger charge is -2.38. The van der Waals surface area contributed by atoms with Gasteiger partial charge in [-0.25, -0.2) is 0 Å². The minimum atomic E-state index is -0.109. The van der Waals surface area contributed by atoms with Gasteiger partial charge in [0.05, 0.1) is 6.04 Å². The first-order valence-corrected chi connectivity index (χ1v) is 13.1.